The van der Waals surface area contributed by atoms with Crippen molar-refractivity contribution in [3.63, 3.8) is 0 Å². The van der Waals surface area contributed by atoms with Crippen LogP contribution in [0.5, 0.6) is 0 Å². The molecule has 0 saturated carbocycles. The molecule has 1 fully saturated rings. The second-order valence-electron chi connectivity index (χ2n) is 2.60. The van der Waals surface area contributed by atoms with Gasteiger partial charge < -0.3 is 9.47 Å². The summed E-state index contributed by atoms with van der Waals surface area (Å²) in [6.45, 7) is 4.72. The lowest BCUT2D eigenvalue weighted by molar-refractivity contribution is 0.0429. The van der Waals surface area contributed by atoms with Gasteiger partial charge in [0, 0.05) is 12.4 Å². The van der Waals surface area contributed by atoms with Crippen LogP contribution in [0.25, 0.3) is 0 Å². The van der Waals surface area contributed by atoms with Crippen LogP contribution in [0.4, 0.5) is 0 Å². The van der Waals surface area contributed by atoms with Crippen molar-refractivity contribution in [2.24, 2.45) is 0 Å². The minimum absolute atomic E-state index is 0.312. The van der Waals surface area contributed by atoms with Crippen molar-refractivity contribution in [1.82, 2.24) is 0 Å². The molecule has 0 bridgehead atoms. The van der Waals surface area contributed by atoms with E-state index in [0.29, 0.717) is 5.44 Å². The molecule has 0 N–H and O–H groups in total. The Bertz CT molecular complexity index is 92.1. The maximum Gasteiger partial charge on any atom is 0.126 e. The fourth-order valence-electron chi connectivity index (χ4n) is 0.929. The number of hydrogen-bond donors (Lipinski definition) is 0. The molecule has 66 valence electrons. The highest BCUT2D eigenvalue weighted by atomic mass is 32.2. The van der Waals surface area contributed by atoms with Gasteiger partial charge in [-0.1, -0.05) is 13.3 Å². The highest BCUT2D eigenvalue weighted by molar-refractivity contribution is 8.00. The number of ether oxygens (including phenoxy) is 2. The van der Waals surface area contributed by atoms with Crippen LogP contribution in [0.15, 0.2) is 0 Å². The van der Waals surface area contributed by atoms with E-state index in [1.165, 1.54) is 6.42 Å². The normalized spacial score (nSPS) is 24.3. The first-order valence-electron chi connectivity index (χ1n) is 4.24. The molecule has 1 saturated heterocycles. The smallest absolute Gasteiger partial charge is 0.126 e. The van der Waals surface area contributed by atoms with Crippen molar-refractivity contribution in [3.05, 3.63) is 0 Å². The van der Waals surface area contributed by atoms with E-state index >= 15 is 0 Å². The summed E-state index contributed by atoms with van der Waals surface area (Å²) >= 11 is 1.85. The van der Waals surface area contributed by atoms with Crippen LogP contribution in [0.3, 0.4) is 0 Å². The zero-order valence-corrected chi connectivity index (χ0v) is 7.86. The third-order valence-electron chi connectivity index (χ3n) is 1.59. The summed E-state index contributed by atoms with van der Waals surface area (Å²) in [4.78, 5) is 0. The van der Waals surface area contributed by atoms with Crippen molar-refractivity contribution in [1.29, 1.82) is 0 Å². The van der Waals surface area contributed by atoms with E-state index in [4.69, 9.17) is 9.47 Å². The average Bonchev–Trinajstić information content (AvgIpc) is 2.50. The average molecular weight is 176 g/mol. The molecule has 2 nitrogen and oxygen atoms in total. The summed E-state index contributed by atoms with van der Waals surface area (Å²) in [5.41, 5.74) is 0.312. The third kappa shape index (κ3) is 3.99. The lowest BCUT2D eigenvalue weighted by Gasteiger charge is -2.08. The highest BCUT2D eigenvalue weighted by Crippen LogP contribution is 2.19. The van der Waals surface area contributed by atoms with E-state index in [2.05, 4.69) is 6.92 Å². The Morgan fingerprint density at radius 1 is 1.64 bits per heavy atom. The second kappa shape index (κ2) is 5.86. The van der Waals surface area contributed by atoms with Gasteiger partial charge in [-0.2, -0.15) is 0 Å². The maximum absolute atomic E-state index is 5.41. The molecule has 0 aliphatic carbocycles. The fourth-order valence-corrected chi connectivity index (χ4v) is 1.77. The number of hydrogen-bond acceptors (Lipinski definition) is 3. The predicted molar refractivity (Wildman–Crippen MR) is 47.9 cm³/mol. The monoisotopic (exact) mass is 176 g/mol. The Labute approximate surface area is 72.6 Å². The molecular formula is C8H16O2S. The lowest BCUT2D eigenvalue weighted by atomic mass is 10.4. The molecule has 0 aromatic rings. The van der Waals surface area contributed by atoms with Gasteiger partial charge in [-0.15, -0.1) is 11.8 Å². The predicted octanol–water partition coefficient (Wildman–Crippen LogP) is 1.89. The Morgan fingerprint density at radius 3 is 3.18 bits per heavy atom. The van der Waals surface area contributed by atoms with Crippen LogP contribution in [-0.2, 0) is 9.47 Å². The van der Waals surface area contributed by atoms with E-state index in [-0.39, 0.29) is 0 Å². The van der Waals surface area contributed by atoms with E-state index in [1.54, 1.807) is 0 Å². The van der Waals surface area contributed by atoms with Crippen molar-refractivity contribution < 1.29 is 9.47 Å². The van der Waals surface area contributed by atoms with E-state index in [1.807, 2.05) is 11.8 Å². The third-order valence-corrected chi connectivity index (χ3v) is 2.63. The van der Waals surface area contributed by atoms with Gasteiger partial charge in [0.25, 0.3) is 0 Å². The van der Waals surface area contributed by atoms with Crippen molar-refractivity contribution in [3.8, 4) is 0 Å². The molecule has 0 amide bonds. The minimum atomic E-state index is 0.312. The Morgan fingerprint density at radius 2 is 2.55 bits per heavy atom. The summed E-state index contributed by atoms with van der Waals surface area (Å²) in [5, 5.41) is 0. The summed E-state index contributed by atoms with van der Waals surface area (Å²) in [6.07, 6.45) is 2.37. The largest absolute Gasteiger partial charge is 0.378 e. The van der Waals surface area contributed by atoms with Crippen molar-refractivity contribution in [2.75, 3.05) is 25.6 Å². The van der Waals surface area contributed by atoms with Gasteiger partial charge in [-0.25, -0.2) is 0 Å². The van der Waals surface area contributed by atoms with Crippen LogP contribution in [0, 0.1) is 0 Å². The molecule has 1 aliphatic rings. The topological polar surface area (TPSA) is 18.5 Å². The molecule has 3 heteroatoms. The molecule has 0 aromatic carbocycles. The second-order valence-corrected chi connectivity index (χ2v) is 3.87. The Hall–Kier alpha value is 0.270. The van der Waals surface area contributed by atoms with Crippen LogP contribution in [-0.4, -0.2) is 31.0 Å². The molecule has 1 aliphatic heterocycles. The van der Waals surface area contributed by atoms with Gasteiger partial charge in [0.2, 0.25) is 0 Å². The van der Waals surface area contributed by atoms with E-state index in [0.717, 1.165) is 32.0 Å². The summed E-state index contributed by atoms with van der Waals surface area (Å²) in [5.74, 6) is 1.13. The molecule has 1 heterocycles. The van der Waals surface area contributed by atoms with Gasteiger partial charge in [0.15, 0.2) is 0 Å². The number of thioether (sulfide) groups is 1. The van der Waals surface area contributed by atoms with Crippen molar-refractivity contribution in [2.45, 2.75) is 25.2 Å². The number of unbranched alkanes of at least 4 members (excludes halogenated alkanes) is 1. The van der Waals surface area contributed by atoms with Crippen molar-refractivity contribution >= 4 is 11.8 Å². The molecule has 0 spiro atoms. The van der Waals surface area contributed by atoms with E-state index in [9.17, 15) is 0 Å². The molecule has 1 atom stereocenters. The molecule has 0 radical (unpaired) electrons. The molecule has 1 rings (SSSR count). The SMILES string of the molecule is CCCCOCC1OCCS1. The van der Waals surface area contributed by atoms with Gasteiger partial charge >= 0.3 is 0 Å². The van der Waals surface area contributed by atoms with Gasteiger partial charge in [0.05, 0.1) is 13.2 Å². The Balaban J connectivity index is 1.86. The minimum Gasteiger partial charge on any atom is -0.378 e. The molecule has 0 aromatic heterocycles. The lowest BCUT2D eigenvalue weighted by Crippen LogP contribution is -2.11. The zero-order chi connectivity index (χ0) is 7.94. The summed E-state index contributed by atoms with van der Waals surface area (Å²) in [6, 6.07) is 0. The number of rotatable bonds is 5. The zero-order valence-electron chi connectivity index (χ0n) is 7.04. The standard InChI is InChI=1S/C8H16O2S/c1-2-3-4-9-7-8-10-5-6-11-8/h8H,2-7H2,1H3. The quantitative estimate of drug-likeness (QED) is 0.596. The first-order valence-corrected chi connectivity index (χ1v) is 5.29. The molecular weight excluding hydrogens is 160 g/mol. The van der Waals surface area contributed by atoms with Gasteiger partial charge in [-0.3, -0.25) is 0 Å². The van der Waals surface area contributed by atoms with Crippen LogP contribution >= 0.6 is 11.8 Å². The maximum atomic E-state index is 5.41. The molecule has 1 unspecified atom stereocenters. The van der Waals surface area contributed by atoms with Crippen LogP contribution < -0.4 is 0 Å². The van der Waals surface area contributed by atoms with Gasteiger partial charge in [0.1, 0.15) is 5.44 Å². The van der Waals surface area contributed by atoms with Gasteiger partial charge in [-0.05, 0) is 6.42 Å². The first kappa shape index (κ1) is 9.36. The van der Waals surface area contributed by atoms with E-state index < -0.39 is 0 Å². The van der Waals surface area contributed by atoms with Crippen LogP contribution in [0.2, 0.25) is 0 Å². The fraction of sp³-hybridized carbons (Fsp3) is 1.00. The summed E-state index contributed by atoms with van der Waals surface area (Å²) < 4.78 is 10.8. The summed E-state index contributed by atoms with van der Waals surface area (Å²) in [7, 11) is 0. The van der Waals surface area contributed by atoms with Crippen LogP contribution in [0.1, 0.15) is 19.8 Å². The Kier molecular flexibility index (Phi) is 4.99. The first-order chi connectivity index (χ1) is 5.43. The highest BCUT2D eigenvalue weighted by Gasteiger charge is 2.15. The molecule has 11 heavy (non-hydrogen) atoms.